The van der Waals surface area contributed by atoms with Crippen molar-refractivity contribution in [3.63, 3.8) is 0 Å². The number of carbonyl (C=O) groups excluding carboxylic acids is 2. The molecule has 0 radical (unpaired) electrons. The fourth-order valence-electron chi connectivity index (χ4n) is 4.21. The monoisotopic (exact) mass is 487 g/mol. The summed E-state index contributed by atoms with van der Waals surface area (Å²) in [5, 5.41) is 0.888. The van der Waals surface area contributed by atoms with Gasteiger partial charge in [0.1, 0.15) is 21.7 Å². The normalized spacial score (nSPS) is 13.7. The predicted molar refractivity (Wildman–Crippen MR) is 137 cm³/mol. The second kappa shape index (κ2) is 9.76. The second-order valence-corrected chi connectivity index (χ2v) is 9.17. The molecule has 1 amide bonds. The van der Waals surface area contributed by atoms with Crippen LogP contribution in [0.3, 0.4) is 0 Å². The minimum atomic E-state index is -0.0534. The molecule has 2 heterocycles. The third-order valence-electron chi connectivity index (χ3n) is 6.17. The first-order chi connectivity index (χ1) is 17.1. The van der Waals surface area contributed by atoms with Gasteiger partial charge in [-0.3, -0.25) is 9.59 Å². The Morgan fingerprint density at radius 3 is 2.03 bits per heavy atom. The number of hydrogen-bond donors (Lipinski definition) is 0. The third-order valence-corrected chi connectivity index (χ3v) is 7.30. The Bertz CT molecular complexity index is 1320. The summed E-state index contributed by atoms with van der Waals surface area (Å²) in [5.74, 6) is 1.40. The van der Waals surface area contributed by atoms with Crippen LogP contribution >= 0.6 is 11.3 Å². The SMILES string of the molecule is COc1ccc(OC)c2sc(N3CCN(C(=O)c4ccc(C(=O)c5ccccc5)cc4)CC3)nc12. The van der Waals surface area contributed by atoms with E-state index < -0.39 is 0 Å². The van der Waals surface area contributed by atoms with Crippen molar-refractivity contribution in [1.82, 2.24) is 9.88 Å². The van der Waals surface area contributed by atoms with Crippen molar-refractivity contribution in [2.24, 2.45) is 0 Å². The van der Waals surface area contributed by atoms with Crippen LogP contribution in [0.4, 0.5) is 5.13 Å². The van der Waals surface area contributed by atoms with Crippen molar-refractivity contribution >= 4 is 38.4 Å². The van der Waals surface area contributed by atoms with Crippen LogP contribution in [0.25, 0.3) is 10.2 Å². The molecule has 3 aromatic carbocycles. The molecule has 8 heteroatoms. The molecule has 0 atom stereocenters. The minimum Gasteiger partial charge on any atom is -0.495 e. The average molecular weight is 488 g/mol. The summed E-state index contributed by atoms with van der Waals surface area (Å²) in [4.78, 5) is 34.5. The first kappa shape index (κ1) is 22.9. The quantitative estimate of drug-likeness (QED) is 0.373. The summed E-state index contributed by atoms with van der Waals surface area (Å²) in [6.45, 7) is 2.54. The van der Waals surface area contributed by atoms with Crippen LogP contribution in [0.1, 0.15) is 26.3 Å². The van der Waals surface area contributed by atoms with Crippen LogP contribution in [0.5, 0.6) is 11.5 Å². The Hall–Kier alpha value is -3.91. The van der Waals surface area contributed by atoms with E-state index in [1.165, 1.54) is 0 Å². The van der Waals surface area contributed by atoms with Gasteiger partial charge in [-0.1, -0.05) is 53.8 Å². The van der Waals surface area contributed by atoms with Crippen LogP contribution in [-0.2, 0) is 0 Å². The summed E-state index contributed by atoms with van der Waals surface area (Å²) in [6.07, 6.45) is 0. The number of hydrogen-bond acceptors (Lipinski definition) is 7. The van der Waals surface area contributed by atoms with Gasteiger partial charge in [-0.15, -0.1) is 0 Å². The molecule has 7 nitrogen and oxygen atoms in total. The van der Waals surface area contributed by atoms with E-state index in [-0.39, 0.29) is 11.7 Å². The molecule has 1 aliphatic heterocycles. The topological polar surface area (TPSA) is 72.0 Å². The molecule has 0 aliphatic carbocycles. The third kappa shape index (κ3) is 4.44. The van der Waals surface area contributed by atoms with E-state index >= 15 is 0 Å². The Labute approximate surface area is 207 Å². The van der Waals surface area contributed by atoms with Crippen molar-refractivity contribution in [2.75, 3.05) is 45.3 Å². The lowest BCUT2D eigenvalue weighted by Gasteiger charge is -2.34. The summed E-state index contributed by atoms with van der Waals surface area (Å²) in [7, 11) is 3.28. The molecular weight excluding hydrogens is 462 g/mol. The molecule has 0 spiro atoms. The van der Waals surface area contributed by atoms with Gasteiger partial charge in [0.25, 0.3) is 5.91 Å². The number of thiazole rings is 1. The van der Waals surface area contributed by atoms with E-state index in [1.54, 1.807) is 62.0 Å². The number of rotatable bonds is 6. The highest BCUT2D eigenvalue weighted by atomic mass is 32.1. The number of methoxy groups -OCH3 is 2. The molecule has 35 heavy (non-hydrogen) atoms. The highest BCUT2D eigenvalue weighted by Crippen LogP contribution is 2.40. The molecule has 0 unspecified atom stereocenters. The number of ketones is 1. The fraction of sp³-hybridized carbons (Fsp3) is 0.222. The van der Waals surface area contributed by atoms with Gasteiger partial charge in [0.15, 0.2) is 10.9 Å². The maximum Gasteiger partial charge on any atom is 0.253 e. The number of anilines is 1. The maximum absolute atomic E-state index is 13.1. The molecule has 1 saturated heterocycles. The number of aromatic nitrogens is 1. The van der Waals surface area contributed by atoms with Crippen LogP contribution in [-0.4, -0.2) is 62.0 Å². The Kier molecular flexibility index (Phi) is 6.37. The van der Waals surface area contributed by atoms with Crippen molar-refractivity contribution < 1.29 is 19.1 Å². The highest BCUT2D eigenvalue weighted by molar-refractivity contribution is 7.22. The van der Waals surface area contributed by atoms with E-state index in [2.05, 4.69) is 4.90 Å². The molecule has 0 bridgehead atoms. The smallest absolute Gasteiger partial charge is 0.253 e. The number of fused-ring (bicyclic) bond motifs is 1. The highest BCUT2D eigenvalue weighted by Gasteiger charge is 2.25. The van der Waals surface area contributed by atoms with Crippen LogP contribution < -0.4 is 14.4 Å². The van der Waals surface area contributed by atoms with E-state index in [0.717, 1.165) is 21.1 Å². The molecule has 4 aromatic rings. The lowest BCUT2D eigenvalue weighted by Crippen LogP contribution is -2.48. The average Bonchev–Trinajstić information content (AvgIpc) is 3.38. The number of carbonyl (C=O) groups is 2. The van der Waals surface area contributed by atoms with E-state index in [1.807, 2.05) is 35.2 Å². The Morgan fingerprint density at radius 1 is 0.771 bits per heavy atom. The zero-order valence-electron chi connectivity index (χ0n) is 19.6. The number of benzene rings is 3. The van der Waals surface area contributed by atoms with Gasteiger partial charge in [-0.05, 0) is 24.3 Å². The Morgan fingerprint density at radius 2 is 1.37 bits per heavy atom. The summed E-state index contributed by atoms with van der Waals surface area (Å²) in [5.41, 5.74) is 2.57. The van der Waals surface area contributed by atoms with Gasteiger partial charge >= 0.3 is 0 Å². The van der Waals surface area contributed by atoms with Crippen LogP contribution in [0.15, 0.2) is 66.7 Å². The standard InChI is InChI=1S/C27H25N3O4S/c1-33-21-12-13-22(34-2)25-23(21)28-27(35-25)30-16-14-29(15-17-30)26(32)20-10-8-19(9-11-20)24(31)18-6-4-3-5-7-18/h3-13H,14-17H2,1-2H3. The number of amides is 1. The fourth-order valence-corrected chi connectivity index (χ4v) is 5.34. The maximum atomic E-state index is 13.1. The van der Waals surface area contributed by atoms with Crippen molar-refractivity contribution in [3.8, 4) is 11.5 Å². The van der Waals surface area contributed by atoms with Crippen LogP contribution in [0.2, 0.25) is 0 Å². The first-order valence-corrected chi connectivity index (χ1v) is 12.2. The summed E-state index contributed by atoms with van der Waals surface area (Å²) >= 11 is 1.57. The lowest BCUT2D eigenvalue weighted by atomic mass is 10.0. The zero-order valence-corrected chi connectivity index (χ0v) is 20.4. The van der Waals surface area contributed by atoms with Gasteiger partial charge in [-0.25, -0.2) is 4.98 Å². The summed E-state index contributed by atoms with van der Waals surface area (Å²) < 4.78 is 11.9. The lowest BCUT2D eigenvalue weighted by molar-refractivity contribution is 0.0746. The summed E-state index contributed by atoms with van der Waals surface area (Å²) in [6, 6.07) is 19.8. The predicted octanol–water partition coefficient (Wildman–Crippen LogP) is 4.51. The molecule has 0 saturated carbocycles. The van der Waals surface area contributed by atoms with Crippen molar-refractivity contribution in [2.45, 2.75) is 0 Å². The molecule has 1 aliphatic rings. The minimum absolute atomic E-state index is 0.0315. The molecule has 178 valence electrons. The number of nitrogens with zero attached hydrogens (tertiary/aromatic N) is 3. The van der Waals surface area contributed by atoms with Gasteiger partial charge in [-0.2, -0.15) is 0 Å². The largest absolute Gasteiger partial charge is 0.495 e. The Balaban J connectivity index is 1.26. The van der Waals surface area contributed by atoms with E-state index in [0.29, 0.717) is 48.6 Å². The van der Waals surface area contributed by atoms with Gasteiger partial charge in [0, 0.05) is 42.9 Å². The van der Waals surface area contributed by atoms with Gasteiger partial charge in [0.2, 0.25) is 0 Å². The van der Waals surface area contributed by atoms with Crippen molar-refractivity contribution in [3.05, 3.63) is 83.4 Å². The van der Waals surface area contributed by atoms with Crippen LogP contribution in [0, 0.1) is 0 Å². The molecule has 0 N–H and O–H groups in total. The first-order valence-electron chi connectivity index (χ1n) is 11.3. The second-order valence-electron chi connectivity index (χ2n) is 8.20. The molecule has 1 aromatic heterocycles. The molecular formula is C27H25N3O4S. The number of ether oxygens (including phenoxy) is 2. The van der Waals surface area contributed by atoms with E-state index in [9.17, 15) is 9.59 Å². The molecule has 5 rings (SSSR count). The number of piperazine rings is 1. The molecule has 1 fully saturated rings. The van der Waals surface area contributed by atoms with Gasteiger partial charge in [0.05, 0.1) is 14.2 Å². The van der Waals surface area contributed by atoms with E-state index in [4.69, 9.17) is 14.5 Å². The van der Waals surface area contributed by atoms with Gasteiger partial charge < -0.3 is 19.3 Å². The zero-order chi connectivity index (χ0) is 24.4. The van der Waals surface area contributed by atoms with Crippen molar-refractivity contribution in [1.29, 1.82) is 0 Å².